The van der Waals surface area contributed by atoms with Crippen LogP contribution in [0.3, 0.4) is 0 Å². The third-order valence-electron chi connectivity index (χ3n) is 1.78. The molecule has 2 nitrogen and oxygen atoms in total. The standard InChI is InChI=1S/C10H14BrNO.ClH/c1-2-5-12-7-8-6-9(11)3-4-10(8)13;/h3-4,6,12-13H,2,5,7H2,1H3;1H. The summed E-state index contributed by atoms with van der Waals surface area (Å²) in [7, 11) is 0. The number of benzene rings is 1. The van der Waals surface area contributed by atoms with E-state index in [1.54, 1.807) is 6.07 Å². The van der Waals surface area contributed by atoms with Crippen molar-refractivity contribution in [2.45, 2.75) is 19.9 Å². The average molecular weight is 281 g/mol. The Kier molecular flexibility index (Phi) is 6.97. The van der Waals surface area contributed by atoms with Gasteiger partial charge >= 0.3 is 0 Å². The number of nitrogens with one attached hydrogen (secondary N) is 1. The van der Waals surface area contributed by atoms with Crippen molar-refractivity contribution in [2.75, 3.05) is 6.54 Å². The van der Waals surface area contributed by atoms with Crippen LogP contribution >= 0.6 is 28.3 Å². The van der Waals surface area contributed by atoms with E-state index in [1.165, 1.54) is 0 Å². The zero-order chi connectivity index (χ0) is 9.68. The Labute approximate surface area is 99.3 Å². The van der Waals surface area contributed by atoms with Crippen molar-refractivity contribution >= 4 is 28.3 Å². The summed E-state index contributed by atoms with van der Waals surface area (Å²) in [4.78, 5) is 0. The largest absolute Gasteiger partial charge is 0.508 e. The molecule has 0 spiro atoms. The molecule has 0 aliphatic carbocycles. The SMILES string of the molecule is CCCNCc1cc(Br)ccc1O.Cl. The van der Waals surface area contributed by atoms with Gasteiger partial charge in [0.05, 0.1) is 0 Å². The maximum Gasteiger partial charge on any atom is 0.120 e. The molecule has 0 aliphatic rings. The van der Waals surface area contributed by atoms with Crippen LogP contribution in [0.5, 0.6) is 5.75 Å². The topological polar surface area (TPSA) is 32.3 Å². The van der Waals surface area contributed by atoms with Gasteiger partial charge in [0.2, 0.25) is 0 Å². The summed E-state index contributed by atoms with van der Waals surface area (Å²) in [6.07, 6.45) is 1.11. The van der Waals surface area contributed by atoms with E-state index in [9.17, 15) is 5.11 Å². The van der Waals surface area contributed by atoms with Crippen LogP contribution in [0.4, 0.5) is 0 Å². The van der Waals surface area contributed by atoms with Gasteiger partial charge in [0, 0.05) is 16.6 Å². The predicted molar refractivity (Wildman–Crippen MR) is 65.1 cm³/mol. The number of hydrogen-bond acceptors (Lipinski definition) is 2. The number of phenols is 1. The zero-order valence-electron chi connectivity index (χ0n) is 8.09. The fourth-order valence-electron chi connectivity index (χ4n) is 1.10. The van der Waals surface area contributed by atoms with Crippen LogP contribution in [0.1, 0.15) is 18.9 Å². The maximum atomic E-state index is 9.47. The van der Waals surface area contributed by atoms with Crippen LogP contribution in [-0.2, 0) is 6.54 Å². The van der Waals surface area contributed by atoms with Gasteiger partial charge in [-0.25, -0.2) is 0 Å². The number of phenolic OH excluding ortho intramolecular Hbond substituents is 1. The second kappa shape index (κ2) is 7.10. The Balaban J connectivity index is 0.00000169. The molecule has 1 aromatic carbocycles. The molecule has 0 heterocycles. The second-order valence-electron chi connectivity index (χ2n) is 2.95. The monoisotopic (exact) mass is 279 g/mol. The summed E-state index contributed by atoms with van der Waals surface area (Å²) in [5.74, 6) is 0.354. The summed E-state index contributed by atoms with van der Waals surface area (Å²) in [5, 5.41) is 12.7. The van der Waals surface area contributed by atoms with Crippen molar-refractivity contribution in [1.29, 1.82) is 0 Å². The van der Waals surface area contributed by atoms with Crippen LogP contribution in [0.15, 0.2) is 22.7 Å². The van der Waals surface area contributed by atoms with Gasteiger partial charge < -0.3 is 10.4 Å². The highest BCUT2D eigenvalue weighted by molar-refractivity contribution is 9.10. The lowest BCUT2D eigenvalue weighted by Crippen LogP contribution is -2.13. The molecule has 0 saturated carbocycles. The summed E-state index contributed by atoms with van der Waals surface area (Å²) in [6.45, 7) is 3.82. The van der Waals surface area contributed by atoms with Gasteiger partial charge in [-0.2, -0.15) is 0 Å². The minimum absolute atomic E-state index is 0. The molecule has 0 unspecified atom stereocenters. The van der Waals surface area contributed by atoms with Crippen LogP contribution in [-0.4, -0.2) is 11.7 Å². The normalized spacial score (nSPS) is 9.57. The van der Waals surface area contributed by atoms with E-state index in [4.69, 9.17) is 0 Å². The number of halogens is 2. The third-order valence-corrected chi connectivity index (χ3v) is 2.28. The molecular weight excluding hydrogens is 265 g/mol. The summed E-state index contributed by atoms with van der Waals surface area (Å²) >= 11 is 3.37. The number of hydrogen-bond donors (Lipinski definition) is 2. The first-order chi connectivity index (χ1) is 6.24. The molecule has 0 aromatic heterocycles. The van der Waals surface area contributed by atoms with Crippen molar-refractivity contribution in [2.24, 2.45) is 0 Å². The molecule has 4 heteroatoms. The molecule has 80 valence electrons. The van der Waals surface area contributed by atoms with Gasteiger partial charge in [-0.3, -0.25) is 0 Å². The van der Waals surface area contributed by atoms with Gasteiger partial charge in [0.1, 0.15) is 5.75 Å². The van der Waals surface area contributed by atoms with E-state index in [2.05, 4.69) is 28.2 Å². The first kappa shape index (κ1) is 13.8. The fourth-order valence-corrected chi connectivity index (χ4v) is 1.50. The molecule has 2 N–H and O–H groups in total. The maximum absolute atomic E-state index is 9.47. The Morgan fingerprint density at radius 3 is 2.79 bits per heavy atom. The van der Waals surface area contributed by atoms with E-state index in [-0.39, 0.29) is 12.4 Å². The summed E-state index contributed by atoms with van der Waals surface area (Å²) in [6, 6.07) is 5.46. The van der Waals surface area contributed by atoms with Gasteiger partial charge in [0.25, 0.3) is 0 Å². The Bertz CT molecular complexity index is 281. The van der Waals surface area contributed by atoms with Crippen molar-refractivity contribution in [3.8, 4) is 5.75 Å². The van der Waals surface area contributed by atoms with Crippen LogP contribution in [0, 0.1) is 0 Å². The van der Waals surface area contributed by atoms with Crippen molar-refractivity contribution in [3.05, 3.63) is 28.2 Å². The highest BCUT2D eigenvalue weighted by atomic mass is 79.9. The van der Waals surface area contributed by atoms with Crippen LogP contribution in [0.25, 0.3) is 0 Å². The lowest BCUT2D eigenvalue weighted by Gasteiger charge is -2.05. The van der Waals surface area contributed by atoms with Crippen molar-refractivity contribution < 1.29 is 5.11 Å². The van der Waals surface area contributed by atoms with Crippen LogP contribution < -0.4 is 5.32 Å². The van der Waals surface area contributed by atoms with E-state index in [0.717, 1.165) is 29.5 Å². The first-order valence-corrected chi connectivity index (χ1v) is 5.21. The summed E-state index contributed by atoms with van der Waals surface area (Å²) in [5.41, 5.74) is 0.933. The fraction of sp³-hybridized carbons (Fsp3) is 0.400. The number of rotatable bonds is 4. The molecule has 0 bridgehead atoms. The van der Waals surface area contributed by atoms with E-state index in [1.807, 2.05) is 12.1 Å². The van der Waals surface area contributed by atoms with E-state index >= 15 is 0 Å². The highest BCUT2D eigenvalue weighted by Gasteiger charge is 2.00. The Morgan fingerprint density at radius 1 is 1.43 bits per heavy atom. The average Bonchev–Trinajstić information content (AvgIpc) is 2.11. The molecule has 1 rings (SSSR count). The molecule has 0 fully saturated rings. The third kappa shape index (κ3) is 4.31. The summed E-state index contributed by atoms with van der Waals surface area (Å²) < 4.78 is 0.999. The lowest BCUT2D eigenvalue weighted by atomic mass is 10.2. The molecule has 1 aromatic rings. The molecule has 0 radical (unpaired) electrons. The molecular formula is C10H15BrClNO. The van der Waals surface area contributed by atoms with Gasteiger partial charge in [0.15, 0.2) is 0 Å². The quantitative estimate of drug-likeness (QED) is 0.831. The van der Waals surface area contributed by atoms with E-state index in [0.29, 0.717) is 5.75 Å². The molecule has 0 amide bonds. The van der Waals surface area contributed by atoms with Crippen molar-refractivity contribution in [3.63, 3.8) is 0 Å². The van der Waals surface area contributed by atoms with E-state index < -0.39 is 0 Å². The second-order valence-corrected chi connectivity index (χ2v) is 3.87. The minimum atomic E-state index is 0. The van der Waals surface area contributed by atoms with Gasteiger partial charge in [-0.05, 0) is 31.2 Å². The smallest absolute Gasteiger partial charge is 0.120 e. The Morgan fingerprint density at radius 2 is 2.14 bits per heavy atom. The molecule has 0 aliphatic heterocycles. The highest BCUT2D eigenvalue weighted by Crippen LogP contribution is 2.21. The van der Waals surface area contributed by atoms with Crippen LogP contribution in [0.2, 0.25) is 0 Å². The lowest BCUT2D eigenvalue weighted by molar-refractivity contribution is 0.464. The van der Waals surface area contributed by atoms with Crippen molar-refractivity contribution in [1.82, 2.24) is 5.32 Å². The zero-order valence-corrected chi connectivity index (χ0v) is 10.5. The van der Waals surface area contributed by atoms with Gasteiger partial charge in [-0.15, -0.1) is 12.4 Å². The Hall–Kier alpha value is -0.250. The van der Waals surface area contributed by atoms with Gasteiger partial charge in [-0.1, -0.05) is 22.9 Å². The molecule has 0 atom stereocenters. The number of aromatic hydroxyl groups is 1. The predicted octanol–water partition coefficient (Wildman–Crippen LogP) is 3.08. The minimum Gasteiger partial charge on any atom is -0.508 e. The molecule has 14 heavy (non-hydrogen) atoms. The molecule has 0 saturated heterocycles. The first-order valence-electron chi connectivity index (χ1n) is 4.42.